The number of urea groups is 1. The molecule has 0 unspecified atom stereocenters. The van der Waals surface area contributed by atoms with Crippen molar-refractivity contribution in [1.82, 2.24) is 10.2 Å². The Morgan fingerprint density at radius 3 is 2.48 bits per heavy atom. The smallest absolute Gasteiger partial charge is 0.319 e. The average Bonchev–Trinajstić information content (AvgIpc) is 2.69. The molecule has 0 aromatic heterocycles. The van der Waals surface area contributed by atoms with Crippen LogP contribution in [0.25, 0.3) is 0 Å². The van der Waals surface area contributed by atoms with Gasteiger partial charge in [0.25, 0.3) is 5.91 Å². The number of rotatable bonds is 5. The monoisotopic (exact) mass is 365 g/mol. The predicted octanol–water partition coefficient (Wildman–Crippen LogP) is 4.41. The maximum absolute atomic E-state index is 12.7. The molecule has 1 aliphatic rings. The molecule has 3 amide bonds. The standard InChI is InChI=1S/C22H27N3O2/c1-25(16-17-9-4-2-5-10-17)21(26)18-11-8-14-20(15-18)24-22(27)23-19-12-6-3-7-13-19/h2,4-5,8-11,14-15,19H,3,6-7,12-13,16H2,1H3,(H2,23,24,27). The summed E-state index contributed by atoms with van der Waals surface area (Å²) in [5.41, 5.74) is 2.26. The molecule has 5 nitrogen and oxygen atoms in total. The summed E-state index contributed by atoms with van der Waals surface area (Å²) in [5.74, 6) is -0.0739. The molecule has 1 saturated carbocycles. The fourth-order valence-electron chi connectivity index (χ4n) is 3.48. The van der Waals surface area contributed by atoms with Gasteiger partial charge < -0.3 is 15.5 Å². The molecule has 1 aliphatic carbocycles. The molecule has 0 atom stereocenters. The predicted molar refractivity (Wildman–Crippen MR) is 108 cm³/mol. The lowest BCUT2D eigenvalue weighted by molar-refractivity contribution is 0.0785. The molecule has 3 rings (SSSR count). The molecule has 1 fully saturated rings. The quantitative estimate of drug-likeness (QED) is 0.824. The van der Waals surface area contributed by atoms with E-state index in [1.54, 1.807) is 36.2 Å². The van der Waals surface area contributed by atoms with Gasteiger partial charge in [-0.1, -0.05) is 55.7 Å². The summed E-state index contributed by atoms with van der Waals surface area (Å²) < 4.78 is 0. The molecule has 0 spiro atoms. The minimum atomic E-state index is -0.205. The Morgan fingerprint density at radius 1 is 1.00 bits per heavy atom. The number of benzene rings is 2. The van der Waals surface area contributed by atoms with Crippen molar-refractivity contribution in [2.24, 2.45) is 0 Å². The third-order valence-electron chi connectivity index (χ3n) is 4.92. The molecule has 5 heteroatoms. The van der Waals surface area contributed by atoms with Crippen molar-refractivity contribution in [3.63, 3.8) is 0 Å². The number of carbonyl (C=O) groups excluding carboxylic acids is 2. The van der Waals surface area contributed by atoms with Crippen molar-refractivity contribution in [2.75, 3.05) is 12.4 Å². The zero-order valence-corrected chi connectivity index (χ0v) is 15.8. The molecule has 2 aromatic carbocycles. The van der Waals surface area contributed by atoms with Crippen LogP contribution < -0.4 is 10.6 Å². The second-order valence-corrected chi connectivity index (χ2v) is 7.16. The van der Waals surface area contributed by atoms with Crippen LogP contribution in [0.3, 0.4) is 0 Å². The van der Waals surface area contributed by atoms with E-state index in [1.807, 2.05) is 30.3 Å². The first kappa shape index (κ1) is 19.0. The van der Waals surface area contributed by atoms with Crippen molar-refractivity contribution >= 4 is 17.6 Å². The van der Waals surface area contributed by atoms with Crippen LogP contribution in [-0.2, 0) is 6.54 Å². The van der Waals surface area contributed by atoms with E-state index in [-0.39, 0.29) is 18.0 Å². The summed E-state index contributed by atoms with van der Waals surface area (Å²) in [5, 5.41) is 5.88. The number of hydrogen-bond acceptors (Lipinski definition) is 2. The number of carbonyl (C=O) groups is 2. The van der Waals surface area contributed by atoms with Gasteiger partial charge in [-0.15, -0.1) is 0 Å². The highest BCUT2D eigenvalue weighted by Gasteiger charge is 2.16. The lowest BCUT2D eigenvalue weighted by atomic mass is 9.96. The molecule has 0 radical (unpaired) electrons. The van der Waals surface area contributed by atoms with Crippen LogP contribution in [0.5, 0.6) is 0 Å². The molecule has 0 bridgehead atoms. The first-order valence-corrected chi connectivity index (χ1v) is 9.59. The van der Waals surface area contributed by atoms with Crippen LogP contribution in [0.15, 0.2) is 54.6 Å². The summed E-state index contributed by atoms with van der Waals surface area (Å²) in [6.45, 7) is 0.541. The van der Waals surface area contributed by atoms with Crippen LogP contribution in [0.2, 0.25) is 0 Å². The fourth-order valence-corrected chi connectivity index (χ4v) is 3.48. The van der Waals surface area contributed by atoms with Crippen LogP contribution in [0, 0.1) is 0 Å². The summed E-state index contributed by atoms with van der Waals surface area (Å²) >= 11 is 0. The van der Waals surface area contributed by atoms with Gasteiger partial charge in [-0.05, 0) is 36.6 Å². The molecule has 142 valence electrons. The number of nitrogens with one attached hydrogen (secondary N) is 2. The molecule has 0 heterocycles. The van der Waals surface area contributed by atoms with Crippen molar-refractivity contribution in [3.05, 3.63) is 65.7 Å². The number of anilines is 1. The van der Waals surface area contributed by atoms with Gasteiger partial charge in [0.2, 0.25) is 0 Å². The molecule has 2 N–H and O–H groups in total. The SMILES string of the molecule is CN(Cc1ccccc1)C(=O)c1cccc(NC(=O)NC2CCCCC2)c1. The number of hydrogen-bond donors (Lipinski definition) is 2. The van der Waals surface area contributed by atoms with Gasteiger partial charge in [-0.25, -0.2) is 4.79 Å². The third-order valence-corrected chi connectivity index (χ3v) is 4.92. The van der Waals surface area contributed by atoms with Crippen molar-refractivity contribution < 1.29 is 9.59 Å². The highest BCUT2D eigenvalue weighted by molar-refractivity contribution is 5.96. The van der Waals surface area contributed by atoms with Gasteiger partial charge in [0.15, 0.2) is 0 Å². The van der Waals surface area contributed by atoms with Crippen LogP contribution in [0.1, 0.15) is 48.0 Å². The van der Waals surface area contributed by atoms with E-state index in [1.165, 1.54) is 19.3 Å². The molecule has 27 heavy (non-hydrogen) atoms. The van der Waals surface area contributed by atoms with E-state index >= 15 is 0 Å². The van der Waals surface area contributed by atoms with E-state index in [0.29, 0.717) is 17.8 Å². The first-order valence-electron chi connectivity index (χ1n) is 9.59. The molecular formula is C22H27N3O2. The van der Waals surface area contributed by atoms with Gasteiger partial charge in [-0.2, -0.15) is 0 Å². The maximum atomic E-state index is 12.7. The van der Waals surface area contributed by atoms with Crippen molar-refractivity contribution in [1.29, 1.82) is 0 Å². The Bertz CT molecular complexity index is 770. The van der Waals surface area contributed by atoms with Crippen molar-refractivity contribution in [2.45, 2.75) is 44.7 Å². The Morgan fingerprint density at radius 2 is 1.74 bits per heavy atom. The highest BCUT2D eigenvalue weighted by Crippen LogP contribution is 2.18. The largest absolute Gasteiger partial charge is 0.337 e. The van der Waals surface area contributed by atoms with Gasteiger partial charge in [-0.3, -0.25) is 4.79 Å². The summed E-state index contributed by atoms with van der Waals surface area (Å²) in [6.07, 6.45) is 5.66. The third kappa shape index (κ3) is 5.58. The van der Waals surface area contributed by atoms with Crippen LogP contribution >= 0.6 is 0 Å². The van der Waals surface area contributed by atoms with Gasteiger partial charge in [0.05, 0.1) is 0 Å². The van der Waals surface area contributed by atoms with Gasteiger partial charge in [0.1, 0.15) is 0 Å². The Labute approximate surface area is 160 Å². The molecule has 0 saturated heterocycles. The topological polar surface area (TPSA) is 61.4 Å². The Hall–Kier alpha value is -2.82. The van der Waals surface area contributed by atoms with Crippen LogP contribution in [-0.4, -0.2) is 29.9 Å². The highest BCUT2D eigenvalue weighted by atomic mass is 16.2. The molecule has 2 aromatic rings. The summed E-state index contributed by atoms with van der Waals surface area (Å²) in [6, 6.07) is 17.0. The zero-order valence-electron chi connectivity index (χ0n) is 15.8. The lowest BCUT2D eigenvalue weighted by Crippen LogP contribution is -2.39. The fraction of sp³-hybridized carbons (Fsp3) is 0.364. The number of amides is 3. The van der Waals surface area contributed by atoms with E-state index in [9.17, 15) is 9.59 Å². The van der Waals surface area contributed by atoms with Crippen molar-refractivity contribution in [3.8, 4) is 0 Å². The zero-order chi connectivity index (χ0) is 19.1. The van der Waals surface area contributed by atoms with E-state index in [2.05, 4.69) is 10.6 Å². The van der Waals surface area contributed by atoms with Crippen LogP contribution in [0.4, 0.5) is 10.5 Å². The second kappa shape index (κ2) is 9.21. The van der Waals surface area contributed by atoms with Gasteiger partial charge >= 0.3 is 6.03 Å². The van der Waals surface area contributed by atoms with Gasteiger partial charge in [0, 0.05) is 30.9 Å². The molecular weight excluding hydrogens is 338 g/mol. The Kier molecular flexibility index (Phi) is 6.47. The second-order valence-electron chi connectivity index (χ2n) is 7.16. The minimum absolute atomic E-state index is 0.0739. The minimum Gasteiger partial charge on any atom is -0.337 e. The summed E-state index contributed by atoms with van der Waals surface area (Å²) in [4.78, 5) is 26.6. The summed E-state index contributed by atoms with van der Waals surface area (Å²) in [7, 11) is 1.78. The van der Waals surface area contributed by atoms with E-state index in [4.69, 9.17) is 0 Å². The molecule has 0 aliphatic heterocycles. The number of nitrogens with zero attached hydrogens (tertiary/aromatic N) is 1. The lowest BCUT2D eigenvalue weighted by Gasteiger charge is -2.23. The van der Waals surface area contributed by atoms with E-state index < -0.39 is 0 Å². The Balaban J connectivity index is 1.58. The maximum Gasteiger partial charge on any atom is 0.319 e. The van der Waals surface area contributed by atoms with E-state index in [0.717, 1.165) is 18.4 Å². The first-order chi connectivity index (χ1) is 13.1. The normalized spacial score (nSPS) is 14.4. The average molecular weight is 365 g/mol.